The van der Waals surface area contributed by atoms with Crippen molar-refractivity contribution in [3.05, 3.63) is 42.7 Å². The summed E-state index contributed by atoms with van der Waals surface area (Å²) in [6.07, 6.45) is 3.63. The van der Waals surface area contributed by atoms with Gasteiger partial charge in [0.25, 0.3) is 0 Å². The maximum absolute atomic E-state index is 12.0. The molecule has 1 aliphatic rings. The molecular formula is C14H20N4O. The zero-order valence-corrected chi connectivity index (χ0v) is 11.1. The Morgan fingerprint density at radius 1 is 1.37 bits per heavy atom. The Kier molecular flexibility index (Phi) is 4.92. The van der Waals surface area contributed by atoms with Gasteiger partial charge in [-0.05, 0) is 12.1 Å². The summed E-state index contributed by atoms with van der Waals surface area (Å²) in [5, 5.41) is 2.90. The third-order valence-electron chi connectivity index (χ3n) is 3.19. The monoisotopic (exact) mass is 260 g/mol. The lowest BCUT2D eigenvalue weighted by molar-refractivity contribution is 0.146. The van der Waals surface area contributed by atoms with Gasteiger partial charge in [0.2, 0.25) is 0 Å². The maximum Gasteiger partial charge on any atom is 0.317 e. The van der Waals surface area contributed by atoms with Gasteiger partial charge in [0.15, 0.2) is 0 Å². The van der Waals surface area contributed by atoms with Gasteiger partial charge < -0.3 is 10.2 Å². The highest BCUT2D eigenvalue weighted by Gasteiger charge is 2.19. The molecule has 5 nitrogen and oxygen atoms in total. The van der Waals surface area contributed by atoms with Crippen molar-refractivity contribution in [3.63, 3.8) is 0 Å². The second kappa shape index (κ2) is 6.89. The fourth-order valence-electron chi connectivity index (χ4n) is 2.10. The molecule has 2 heterocycles. The van der Waals surface area contributed by atoms with Gasteiger partial charge >= 0.3 is 6.03 Å². The van der Waals surface area contributed by atoms with Crippen LogP contribution in [0.2, 0.25) is 0 Å². The first-order valence-corrected chi connectivity index (χ1v) is 6.55. The van der Waals surface area contributed by atoms with Crippen LogP contribution in [0.3, 0.4) is 0 Å². The molecule has 0 atom stereocenters. The zero-order chi connectivity index (χ0) is 13.5. The highest BCUT2D eigenvalue weighted by molar-refractivity contribution is 5.74. The second-order valence-electron chi connectivity index (χ2n) is 4.56. The summed E-state index contributed by atoms with van der Waals surface area (Å²) in [7, 11) is 0. The van der Waals surface area contributed by atoms with E-state index in [1.54, 1.807) is 6.20 Å². The number of hydrogen-bond donors (Lipinski definition) is 1. The van der Waals surface area contributed by atoms with Gasteiger partial charge in [-0.15, -0.1) is 6.58 Å². The van der Waals surface area contributed by atoms with E-state index < -0.39 is 0 Å². The van der Waals surface area contributed by atoms with Gasteiger partial charge in [0.05, 0.1) is 12.2 Å². The number of urea groups is 1. The van der Waals surface area contributed by atoms with Gasteiger partial charge in [-0.25, -0.2) is 4.79 Å². The quantitative estimate of drug-likeness (QED) is 0.825. The zero-order valence-electron chi connectivity index (χ0n) is 11.1. The molecule has 1 N–H and O–H groups in total. The number of hydrogen-bond acceptors (Lipinski definition) is 3. The molecule has 1 aromatic heterocycles. The molecule has 1 aromatic rings. The van der Waals surface area contributed by atoms with E-state index in [-0.39, 0.29) is 6.03 Å². The first kappa shape index (κ1) is 13.5. The van der Waals surface area contributed by atoms with E-state index in [1.165, 1.54) is 0 Å². The van der Waals surface area contributed by atoms with Crippen LogP contribution in [0.1, 0.15) is 5.69 Å². The lowest BCUT2D eigenvalue weighted by Gasteiger charge is -2.34. The van der Waals surface area contributed by atoms with Crippen LogP contribution in [0.5, 0.6) is 0 Å². The van der Waals surface area contributed by atoms with Crippen molar-refractivity contribution in [1.82, 2.24) is 20.1 Å². The smallest absolute Gasteiger partial charge is 0.317 e. The number of aromatic nitrogens is 1. The van der Waals surface area contributed by atoms with E-state index >= 15 is 0 Å². The molecule has 0 unspecified atom stereocenters. The SMILES string of the molecule is C=CCN1CCN(C(=O)NCc2ccccn2)CC1. The van der Waals surface area contributed by atoms with Crippen molar-refractivity contribution in [3.8, 4) is 0 Å². The number of carbonyl (C=O) groups excluding carboxylic acids is 1. The van der Waals surface area contributed by atoms with E-state index in [9.17, 15) is 4.79 Å². The summed E-state index contributed by atoms with van der Waals surface area (Å²) < 4.78 is 0. The van der Waals surface area contributed by atoms with Crippen molar-refractivity contribution < 1.29 is 4.79 Å². The van der Waals surface area contributed by atoms with Gasteiger partial charge in [0.1, 0.15) is 0 Å². The minimum absolute atomic E-state index is 0.0103. The molecule has 0 radical (unpaired) electrons. The predicted molar refractivity (Wildman–Crippen MR) is 74.7 cm³/mol. The fraction of sp³-hybridized carbons (Fsp3) is 0.429. The summed E-state index contributed by atoms with van der Waals surface area (Å²) in [5.41, 5.74) is 0.876. The standard InChI is InChI=1S/C14H20N4O/c1-2-7-17-8-10-18(11-9-17)14(19)16-12-13-5-3-4-6-15-13/h2-6H,1,7-12H2,(H,16,19). The van der Waals surface area contributed by atoms with E-state index in [0.717, 1.165) is 38.4 Å². The molecule has 2 amide bonds. The van der Waals surface area contributed by atoms with Crippen molar-refractivity contribution in [2.45, 2.75) is 6.54 Å². The minimum atomic E-state index is -0.0103. The molecular weight excluding hydrogens is 240 g/mol. The van der Waals surface area contributed by atoms with Crippen molar-refractivity contribution in [2.75, 3.05) is 32.7 Å². The largest absolute Gasteiger partial charge is 0.332 e. The summed E-state index contributed by atoms with van der Waals surface area (Å²) >= 11 is 0. The summed E-state index contributed by atoms with van der Waals surface area (Å²) in [4.78, 5) is 20.3. The molecule has 2 rings (SSSR count). The number of carbonyl (C=O) groups is 1. The maximum atomic E-state index is 12.0. The first-order chi connectivity index (χ1) is 9.29. The minimum Gasteiger partial charge on any atom is -0.332 e. The normalized spacial score (nSPS) is 16.1. The first-order valence-electron chi connectivity index (χ1n) is 6.55. The van der Waals surface area contributed by atoms with Crippen LogP contribution in [0.15, 0.2) is 37.1 Å². The van der Waals surface area contributed by atoms with E-state index in [0.29, 0.717) is 6.54 Å². The second-order valence-corrected chi connectivity index (χ2v) is 4.56. The summed E-state index contributed by atoms with van der Waals surface area (Å²) in [5.74, 6) is 0. The Morgan fingerprint density at radius 2 is 2.16 bits per heavy atom. The molecule has 5 heteroatoms. The molecule has 0 bridgehead atoms. The van der Waals surface area contributed by atoms with Crippen LogP contribution in [-0.2, 0) is 6.54 Å². The topological polar surface area (TPSA) is 48.5 Å². The summed E-state index contributed by atoms with van der Waals surface area (Å²) in [6.45, 7) is 8.44. The summed E-state index contributed by atoms with van der Waals surface area (Å²) in [6, 6.07) is 5.68. The number of nitrogens with zero attached hydrogens (tertiary/aromatic N) is 3. The number of rotatable bonds is 4. The average molecular weight is 260 g/mol. The van der Waals surface area contributed by atoms with E-state index in [2.05, 4.69) is 21.8 Å². The number of amides is 2. The fourth-order valence-corrected chi connectivity index (χ4v) is 2.10. The van der Waals surface area contributed by atoms with Crippen LogP contribution in [-0.4, -0.2) is 53.5 Å². The van der Waals surface area contributed by atoms with E-state index in [1.807, 2.05) is 29.2 Å². The third kappa shape index (κ3) is 4.06. The molecule has 0 saturated carbocycles. The van der Waals surface area contributed by atoms with Crippen molar-refractivity contribution >= 4 is 6.03 Å². The van der Waals surface area contributed by atoms with E-state index in [4.69, 9.17) is 0 Å². The highest BCUT2D eigenvalue weighted by atomic mass is 16.2. The molecule has 0 aromatic carbocycles. The Labute approximate surface area is 113 Å². The Hall–Kier alpha value is -1.88. The van der Waals surface area contributed by atoms with Gasteiger partial charge in [-0.3, -0.25) is 9.88 Å². The van der Waals surface area contributed by atoms with Gasteiger partial charge in [0, 0.05) is 38.9 Å². The number of pyridine rings is 1. The number of piperazine rings is 1. The van der Waals surface area contributed by atoms with Gasteiger partial charge in [-0.2, -0.15) is 0 Å². The molecule has 1 aliphatic heterocycles. The highest BCUT2D eigenvalue weighted by Crippen LogP contribution is 2.02. The molecule has 102 valence electrons. The molecule has 1 fully saturated rings. The van der Waals surface area contributed by atoms with Crippen LogP contribution in [0.25, 0.3) is 0 Å². The Balaban J connectivity index is 1.74. The Morgan fingerprint density at radius 3 is 2.79 bits per heavy atom. The Bertz CT molecular complexity index is 413. The lowest BCUT2D eigenvalue weighted by atomic mass is 10.3. The van der Waals surface area contributed by atoms with Crippen LogP contribution in [0.4, 0.5) is 4.79 Å². The molecule has 19 heavy (non-hydrogen) atoms. The van der Waals surface area contributed by atoms with Gasteiger partial charge in [-0.1, -0.05) is 12.1 Å². The third-order valence-corrected chi connectivity index (χ3v) is 3.19. The molecule has 0 spiro atoms. The van der Waals surface area contributed by atoms with Crippen molar-refractivity contribution in [1.29, 1.82) is 0 Å². The molecule has 1 saturated heterocycles. The molecule has 0 aliphatic carbocycles. The van der Waals surface area contributed by atoms with Crippen molar-refractivity contribution in [2.24, 2.45) is 0 Å². The number of nitrogens with one attached hydrogen (secondary N) is 1. The predicted octanol–water partition coefficient (Wildman–Crippen LogP) is 1.09. The van der Waals surface area contributed by atoms with Crippen LogP contribution < -0.4 is 5.32 Å². The average Bonchev–Trinajstić information content (AvgIpc) is 2.47. The van der Waals surface area contributed by atoms with Crippen LogP contribution >= 0.6 is 0 Å². The lowest BCUT2D eigenvalue weighted by Crippen LogP contribution is -2.51. The van der Waals surface area contributed by atoms with Crippen LogP contribution in [0, 0.1) is 0 Å².